The molecule has 0 aliphatic heterocycles. The van der Waals surface area contributed by atoms with Gasteiger partial charge in [0.25, 0.3) is 0 Å². The summed E-state index contributed by atoms with van der Waals surface area (Å²) in [7, 11) is 1.27. The molecule has 102 valence electrons. The molecule has 0 saturated heterocycles. The highest BCUT2D eigenvalue weighted by Crippen LogP contribution is 2.37. The minimum absolute atomic E-state index is 1.27. The van der Waals surface area contributed by atoms with E-state index in [-0.39, 0.29) is 0 Å². The van der Waals surface area contributed by atoms with E-state index in [1.54, 1.807) is 0 Å². The molecule has 0 radical (unpaired) electrons. The van der Waals surface area contributed by atoms with Crippen molar-refractivity contribution in [3.8, 4) is 22.0 Å². The lowest BCUT2D eigenvalue weighted by Gasteiger charge is -2.09. The molecule has 0 N–H and O–H groups in total. The van der Waals surface area contributed by atoms with Gasteiger partial charge in [-0.15, -0.1) is 0 Å². The van der Waals surface area contributed by atoms with Crippen molar-refractivity contribution in [1.29, 1.82) is 0 Å². The van der Waals surface area contributed by atoms with Crippen molar-refractivity contribution >= 4 is 8.19 Å². The van der Waals surface area contributed by atoms with Crippen molar-refractivity contribution in [3.05, 3.63) is 94.6 Å². The van der Waals surface area contributed by atoms with Gasteiger partial charge < -0.3 is 11.1 Å². The van der Waals surface area contributed by atoms with E-state index >= 15 is 0 Å². The van der Waals surface area contributed by atoms with Gasteiger partial charge in [-0.1, -0.05) is 81.0 Å². The topological polar surface area (TPSA) is 58.7 Å². The van der Waals surface area contributed by atoms with Crippen LogP contribution in [0.4, 0.5) is 0 Å². The molecule has 0 aliphatic rings. The fourth-order valence-corrected chi connectivity index (χ4v) is 3.04. The molecule has 0 atom stereocenters. The summed E-state index contributed by atoms with van der Waals surface area (Å²) >= 11 is 0. The molecule has 1 heterocycles. The Bertz CT molecular complexity index is 663. The van der Waals surface area contributed by atoms with Gasteiger partial charge in [0.05, 0.1) is 0 Å². The molecule has 3 rings (SSSR count). The van der Waals surface area contributed by atoms with Crippen molar-refractivity contribution < 1.29 is 0 Å². The number of rotatable bonds is 2. The van der Waals surface area contributed by atoms with Gasteiger partial charge in [-0.05, 0) is 22.5 Å². The van der Waals surface area contributed by atoms with Crippen LogP contribution in [0.15, 0.2) is 78.6 Å². The standard InChI is InChI=1S/C17H13P.N3/c1-3-8-14(9-4-1)16-12-7-13-18-17(16)15-10-5-2-6-11-15;1-3-2/h1-13H;/q;-1. The minimum atomic E-state index is 1.27. The first-order chi connectivity index (χ1) is 10.4. The molecular weight excluding hydrogens is 277 g/mol. The summed E-state index contributed by atoms with van der Waals surface area (Å²) < 4.78 is 0. The lowest BCUT2D eigenvalue weighted by molar-refractivity contribution is 1.63. The zero-order valence-corrected chi connectivity index (χ0v) is 12.2. The van der Waals surface area contributed by atoms with Gasteiger partial charge in [-0.25, -0.2) is 0 Å². The SMILES string of the molecule is [N-]=[N+]=[N-].c1ccc(-c2cccpc2-c2ccccc2)cc1. The normalized spacial score (nSPS) is 9.52. The quantitative estimate of drug-likeness (QED) is 0.295. The van der Waals surface area contributed by atoms with Crippen LogP contribution >= 0.6 is 8.19 Å². The van der Waals surface area contributed by atoms with Crippen LogP contribution in [0.25, 0.3) is 38.0 Å². The van der Waals surface area contributed by atoms with Crippen LogP contribution in [0.3, 0.4) is 0 Å². The summed E-state index contributed by atoms with van der Waals surface area (Å²) in [4.78, 5) is 1.50. The Morgan fingerprint density at radius 1 is 0.667 bits per heavy atom. The maximum absolute atomic E-state index is 6.75. The van der Waals surface area contributed by atoms with E-state index in [1.165, 1.54) is 35.1 Å². The molecule has 0 bridgehead atoms. The summed E-state index contributed by atoms with van der Waals surface area (Å²) in [6.07, 6.45) is 0. The van der Waals surface area contributed by atoms with Gasteiger partial charge in [0.1, 0.15) is 0 Å². The van der Waals surface area contributed by atoms with Crippen LogP contribution in [0.2, 0.25) is 0 Å². The fraction of sp³-hybridized carbons (Fsp3) is 0. The lowest BCUT2D eigenvalue weighted by atomic mass is 10.0. The van der Waals surface area contributed by atoms with Crippen molar-refractivity contribution in [3.63, 3.8) is 0 Å². The molecule has 0 aliphatic carbocycles. The average molecular weight is 290 g/mol. The Hall–Kier alpha value is -2.60. The van der Waals surface area contributed by atoms with Crippen LogP contribution in [0.1, 0.15) is 0 Å². The lowest BCUT2D eigenvalue weighted by Crippen LogP contribution is -1.81. The van der Waals surface area contributed by atoms with E-state index in [4.69, 9.17) is 11.1 Å². The first kappa shape index (κ1) is 14.8. The highest BCUT2D eigenvalue weighted by atomic mass is 31.0. The van der Waals surface area contributed by atoms with Gasteiger partial charge in [0, 0.05) is 5.30 Å². The van der Waals surface area contributed by atoms with Gasteiger partial charge in [-0.2, -0.15) is 0 Å². The predicted molar refractivity (Wildman–Crippen MR) is 89.9 cm³/mol. The Morgan fingerprint density at radius 3 is 1.76 bits per heavy atom. The Morgan fingerprint density at radius 2 is 1.19 bits per heavy atom. The Labute approximate surface area is 125 Å². The predicted octanol–water partition coefficient (Wildman–Crippen LogP) is 6.47. The van der Waals surface area contributed by atoms with Crippen molar-refractivity contribution in [1.82, 2.24) is 0 Å². The second kappa shape index (κ2) is 7.86. The zero-order valence-electron chi connectivity index (χ0n) is 11.3. The van der Waals surface area contributed by atoms with E-state index in [1.807, 2.05) is 0 Å². The van der Waals surface area contributed by atoms with E-state index in [0.717, 1.165) is 0 Å². The monoisotopic (exact) mass is 290 g/mol. The van der Waals surface area contributed by atoms with Crippen LogP contribution in [0.5, 0.6) is 0 Å². The third-order valence-electron chi connectivity index (χ3n) is 2.94. The van der Waals surface area contributed by atoms with Crippen LogP contribution in [0, 0.1) is 0 Å². The summed E-state index contributed by atoms with van der Waals surface area (Å²) in [6.45, 7) is 0. The highest BCUT2D eigenvalue weighted by molar-refractivity contribution is 7.33. The number of nitrogens with zero attached hydrogens (tertiary/aromatic N) is 3. The molecule has 0 saturated carbocycles. The van der Waals surface area contributed by atoms with Crippen molar-refractivity contribution in [2.24, 2.45) is 0 Å². The molecule has 0 fully saturated rings. The first-order valence-corrected chi connectivity index (χ1v) is 7.37. The molecule has 3 nitrogen and oxygen atoms in total. The molecule has 3 aromatic rings. The van der Waals surface area contributed by atoms with Crippen LogP contribution in [-0.4, -0.2) is 0 Å². The first-order valence-electron chi connectivity index (χ1n) is 6.41. The summed E-state index contributed by atoms with van der Waals surface area (Å²) in [5.74, 6) is 2.19. The maximum atomic E-state index is 6.75. The number of benzene rings is 2. The molecule has 0 spiro atoms. The number of hydrogen-bond donors (Lipinski definition) is 0. The molecular formula is C17H13N3P-. The van der Waals surface area contributed by atoms with Gasteiger partial charge in [0.2, 0.25) is 0 Å². The number of hydrogen-bond acceptors (Lipinski definition) is 0. The summed E-state index contributed by atoms with van der Waals surface area (Å²) in [5.41, 5.74) is 17.4. The van der Waals surface area contributed by atoms with Crippen LogP contribution in [-0.2, 0) is 0 Å². The molecule has 0 amide bonds. The molecule has 4 heteroatoms. The third-order valence-corrected chi connectivity index (χ3v) is 4.02. The molecule has 1 aromatic heterocycles. The summed E-state index contributed by atoms with van der Waals surface area (Å²) in [6, 6.07) is 25.5. The van der Waals surface area contributed by atoms with Crippen molar-refractivity contribution in [2.45, 2.75) is 0 Å². The fourth-order valence-electron chi connectivity index (χ4n) is 2.08. The third kappa shape index (κ3) is 3.93. The van der Waals surface area contributed by atoms with E-state index < -0.39 is 0 Å². The largest absolute Gasteiger partial charge is 0.373 e. The van der Waals surface area contributed by atoms with E-state index in [2.05, 4.69) is 78.6 Å². The Kier molecular flexibility index (Phi) is 5.54. The van der Waals surface area contributed by atoms with Crippen molar-refractivity contribution in [2.75, 3.05) is 0 Å². The van der Waals surface area contributed by atoms with Gasteiger partial charge in [-0.3, -0.25) is 4.91 Å². The second-order valence-electron chi connectivity index (χ2n) is 4.22. The molecule has 2 aromatic carbocycles. The maximum Gasteiger partial charge on any atom is 0.0169 e. The highest BCUT2D eigenvalue weighted by Gasteiger charge is 2.05. The average Bonchev–Trinajstić information content (AvgIpc) is 2.57. The van der Waals surface area contributed by atoms with Gasteiger partial charge >= 0.3 is 0 Å². The zero-order chi connectivity index (χ0) is 14.9. The molecule has 0 unspecified atom stereocenters. The van der Waals surface area contributed by atoms with Gasteiger partial charge in [0.15, 0.2) is 0 Å². The van der Waals surface area contributed by atoms with E-state index in [9.17, 15) is 0 Å². The molecule has 21 heavy (non-hydrogen) atoms. The van der Waals surface area contributed by atoms with Crippen LogP contribution < -0.4 is 0 Å². The Balaban J connectivity index is 0.000000497. The summed E-state index contributed by atoms with van der Waals surface area (Å²) in [5, 5.41) is 1.38. The van der Waals surface area contributed by atoms with E-state index in [0.29, 0.717) is 0 Å². The minimum Gasteiger partial charge on any atom is -0.373 e. The second-order valence-corrected chi connectivity index (χ2v) is 5.22. The smallest absolute Gasteiger partial charge is 0.0169 e.